The summed E-state index contributed by atoms with van der Waals surface area (Å²) in [6.45, 7) is 5.35. The van der Waals surface area contributed by atoms with E-state index in [1.165, 1.54) is 0 Å². The molecule has 1 amide bonds. The molecule has 1 aliphatic heterocycles. The zero-order valence-corrected chi connectivity index (χ0v) is 12.8. The van der Waals surface area contributed by atoms with Gasteiger partial charge in [-0.05, 0) is 46.6 Å². The van der Waals surface area contributed by atoms with Crippen LogP contribution < -0.4 is 4.90 Å². The number of fused-ring (bicyclic) bond motifs is 1. The Hall–Kier alpha value is -1.77. The van der Waals surface area contributed by atoms with Crippen molar-refractivity contribution >= 4 is 27.8 Å². The van der Waals surface area contributed by atoms with Crippen LogP contribution >= 0.6 is 15.9 Å². The molecule has 0 unspecified atom stereocenters. The second-order valence-electron chi connectivity index (χ2n) is 4.91. The lowest BCUT2D eigenvalue weighted by Gasteiger charge is -2.24. The fourth-order valence-electron chi connectivity index (χ4n) is 2.12. The third-order valence-electron chi connectivity index (χ3n) is 3.17. The average molecular weight is 340 g/mol. The van der Waals surface area contributed by atoms with Gasteiger partial charge in [-0.2, -0.15) is 5.10 Å². The van der Waals surface area contributed by atoms with E-state index in [2.05, 4.69) is 36.6 Å². The number of nitrogens with zero attached hydrogens (tertiary/aromatic N) is 7. The molecule has 0 saturated carbocycles. The van der Waals surface area contributed by atoms with Gasteiger partial charge in [-0.1, -0.05) is 5.10 Å². The predicted octanol–water partition coefficient (Wildman–Crippen LogP) is 1.26. The average Bonchev–Trinajstić information content (AvgIpc) is 3.03. The molecule has 106 valence electrons. The highest BCUT2D eigenvalue weighted by molar-refractivity contribution is 9.10. The topological polar surface area (TPSA) is 81.7 Å². The highest BCUT2D eigenvalue weighted by Gasteiger charge is 2.29. The van der Waals surface area contributed by atoms with Gasteiger partial charge >= 0.3 is 0 Å². The van der Waals surface area contributed by atoms with E-state index < -0.39 is 0 Å². The van der Waals surface area contributed by atoms with E-state index in [1.54, 1.807) is 14.3 Å². The Bertz CT molecular complexity index is 647. The Morgan fingerprint density at radius 1 is 1.40 bits per heavy atom. The molecule has 9 heteroatoms. The van der Waals surface area contributed by atoms with Crippen LogP contribution in [0.25, 0.3) is 0 Å². The largest absolute Gasteiger partial charge is 0.282 e. The molecule has 0 bridgehead atoms. The first-order chi connectivity index (χ1) is 9.58. The molecule has 1 aliphatic rings. The number of rotatable bonds is 2. The molecule has 0 saturated heterocycles. The van der Waals surface area contributed by atoms with Gasteiger partial charge in [0.05, 0.1) is 4.47 Å². The maximum Gasteiger partial charge on any atom is 0.282 e. The lowest BCUT2D eigenvalue weighted by atomic mass is 10.3. The number of aromatic nitrogens is 6. The summed E-state index contributed by atoms with van der Waals surface area (Å²) in [6.07, 6.45) is 2.64. The summed E-state index contributed by atoms with van der Waals surface area (Å²) in [5.74, 6) is 0.291. The quantitative estimate of drug-likeness (QED) is 0.822. The van der Waals surface area contributed by atoms with E-state index in [-0.39, 0.29) is 11.9 Å². The molecule has 0 fully saturated rings. The zero-order valence-electron chi connectivity index (χ0n) is 11.2. The Morgan fingerprint density at radius 3 is 2.90 bits per heavy atom. The van der Waals surface area contributed by atoms with Crippen LogP contribution in [0, 0.1) is 0 Å². The van der Waals surface area contributed by atoms with Gasteiger partial charge in [-0.3, -0.25) is 14.4 Å². The van der Waals surface area contributed by atoms with Gasteiger partial charge in [0.2, 0.25) is 0 Å². The van der Waals surface area contributed by atoms with Gasteiger partial charge in [0.15, 0.2) is 5.69 Å². The number of carbonyl (C=O) groups excluding carboxylic acids is 1. The second kappa shape index (κ2) is 4.97. The number of hydrogen-bond acceptors (Lipinski definition) is 5. The number of tetrazole rings is 1. The van der Waals surface area contributed by atoms with Crippen LogP contribution in [-0.4, -0.2) is 42.4 Å². The molecule has 2 aromatic heterocycles. The Morgan fingerprint density at radius 2 is 2.20 bits per heavy atom. The van der Waals surface area contributed by atoms with Crippen molar-refractivity contribution in [3.8, 4) is 0 Å². The summed E-state index contributed by atoms with van der Waals surface area (Å²) in [4.78, 5) is 14.2. The number of halogens is 1. The Balaban J connectivity index is 1.95. The molecule has 0 N–H and O–H groups in total. The maximum absolute atomic E-state index is 12.6. The molecule has 0 atom stereocenters. The standard InChI is InChI=1S/C11H14BrN7O/c1-7(2)19-6-8(12)9(14-19)10(20)17-4-3-5-18-11(17)13-15-16-18/h6-7H,3-5H2,1-2H3. The van der Waals surface area contributed by atoms with Gasteiger partial charge < -0.3 is 0 Å². The van der Waals surface area contributed by atoms with Crippen LogP contribution in [-0.2, 0) is 6.54 Å². The Labute approximate surface area is 123 Å². The first kappa shape index (κ1) is 13.2. The monoisotopic (exact) mass is 339 g/mol. The minimum Gasteiger partial charge on any atom is -0.274 e. The molecule has 2 aromatic rings. The number of anilines is 1. The van der Waals surface area contributed by atoms with Crippen LogP contribution in [0.5, 0.6) is 0 Å². The van der Waals surface area contributed by atoms with Gasteiger partial charge in [-0.15, -0.1) is 0 Å². The van der Waals surface area contributed by atoms with Crippen LogP contribution in [0.2, 0.25) is 0 Å². The van der Waals surface area contributed by atoms with Crippen molar-refractivity contribution in [2.45, 2.75) is 32.9 Å². The van der Waals surface area contributed by atoms with E-state index >= 15 is 0 Å². The minimum atomic E-state index is -0.188. The molecule has 0 spiro atoms. The molecular weight excluding hydrogens is 326 g/mol. The van der Waals surface area contributed by atoms with E-state index in [9.17, 15) is 4.79 Å². The minimum absolute atomic E-state index is 0.188. The molecule has 3 rings (SSSR count). The third-order valence-corrected chi connectivity index (χ3v) is 3.75. The summed E-state index contributed by atoms with van der Waals surface area (Å²) in [5.41, 5.74) is 0.384. The van der Waals surface area contributed by atoms with E-state index in [4.69, 9.17) is 0 Å². The molecule has 0 aliphatic carbocycles. The van der Waals surface area contributed by atoms with Crippen molar-refractivity contribution in [1.82, 2.24) is 30.0 Å². The highest BCUT2D eigenvalue weighted by Crippen LogP contribution is 2.23. The summed E-state index contributed by atoms with van der Waals surface area (Å²) < 4.78 is 4.07. The number of carbonyl (C=O) groups is 1. The van der Waals surface area contributed by atoms with Gasteiger partial charge in [-0.25, -0.2) is 4.68 Å². The Kier molecular flexibility index (Phi) is 3.28. The molecular formula is C11H14BrN7O. The lowest BCUT2D eigenvalue weighted by molar-refractivity contribution is 0.0974. The number of hydrogen-bond donors (Lipinski definition) is 0. The van der Waals surface area contributed by atoms with Crippen LogP contribution in [0.15, 0.2) is 10.7 Å². The molecule has 0 radical (unpaired) electrons. The summed E-state index contributed by atoms with van der Waals surface area (Å²) in [6, 6.07) is 0.194. The lowest BCUT2D eigenvalue weighted by Crippen LogP contribution is -2.38. The van der Waals surface area contributed by atoms with Crippen molar-refractivity contribution in [3.63, 3.8) is 0 Å². The summed E-state index contributed by atoms with van der Waals surface area (Å²) >= 11 is 3.39. The second-order valence-corrected chi connectivity index (χ2v) is 5.77. The molecule has 3 heterocycles. The summed E-state index contributed by atoms with van der Waals surface area (Å²) in [5, 5.41) is 15.7. The molecule has 8 nitrogen and oxygen atoms in total. The van der Waals surface area contributed by atoms with Gasteiger partial charge in [0.1, 0.15) is 0 Å². The first-order valence-electron chi connectivity index (χ1n) is 6.40. The van der Waals surface area contributed by atoms with Gasteiger partial charge in [0.25, 0.3) is 11.9 Å². The van der Waals surface area contributed by atoms with Crippen molar-refractivity contribution in [1.29, 1.82) is 0 Å². The number of amides is 1. The van der Waals surface area contributed by atoms with Crippen molar-refractivity contribution < 1.29 is 4.79 Å². The van der Waals surface area contributed by atoms with Gasteiger partial charge in [0, 0.05) is 25.3 Å². The molecule has 20 heavy (non-hydrogen) atoms. The SMILES string of the molecule is CC(C)n1cc(Br)c(C(=O)N2CCCn3nnnc32)n1. The van der Waals surface area contributed by atoms with E-state index in [0.717, 1.165) is 13.0 Å². The normalized spacial score (nSPS) is 14.7. The summed E-state index contributed by atoms with van der Waals surface area (Å²) in [7, 11) is 0. The first-order valence-corrected chi connectivity index (χ1v) is 7.20. The number of aryl methyl sites for hydroxylation is 1. The fourth-order valence-corrected chi connectivity index (χ4v) is 2.57. The predicted molar refractivity (Wildman–Crippen MR) is 74.4 cm³/mol. The van der Waals surface area contributed by atoms with Crippen LogP contribution in [0.4, 0.5) is 5.95 Å². The van der Waals surface area contributed by atoms with Crippen LogP contribution in [0.1, 0.15) is 36.8 Å². The third kappa shape index (κ3) is 2.11. The van der Waals surface area contributed by atoms with E-state index in [0.29, 0.717) is 22.7 Å². The molecule has 0 aromatic carbocycles. The smallest absolute Gasteiger partial charge is 0.274 e. The fraction of sp³-hybridized carbons (Fsp3) is 0.545. The zero-order chi connectivity index (χ0) is 14.3. The van der Waals surface area contributed by atoms with E-state index in [1.807, 2.05) is 20.0 Å². The maximum atomic E-state index is 12.6. The van der Waals surface area contributed by atoms with Crippen molar-refractivity contribution in [2.75, 3.05) is 11.4 Å². The van der Waals surface area contributed by atoms with Crippen molar-refractivity contribution in [3.05, 3.63) is 16.4 Å². The van der Waals surface area contributed by atoms with Crippen molar-refractivity contribution in [2.24, 2.45) is 0 Å². The highest BCUT2D eigenvalue weighted by atomic mass is 79.9. The van der Waals surface area contributed by atoms with Crippen LogP contribution in [0.3, 0.4) is 0 Å².